The number of hydrogen-bond acceptors (Lipinski definition) is 2. The van der Waals surface area contributed by atoms with Gasteiger partial charge in [0.05, 0.1) is 25.4 Å². The third-order valence-corrected chi connectivity index (χ3v) is 4.88. The second kappa shape index (κ2) is 5.23. The Morgan fingerprint density at radius 3 is 2.54 bits per heavy atom. The normalized spacial score (nSPS) is 24.2. The molecule has 0 aliphatic heterocycles. The summed E-state index contributed by atoms with van der Waals surface area (Å²) in [7, 11) is 5.91. The van der Waals surface area contributed by atoms with E-state index in [2.05, 4.69) is 0 Å². The van der Waals surface area contributed by atoms with Crippen molar-refractivity contribution >= 4 is 7.85 Å². The van der Waals surface area contributed by atoms with Crippen molar-refractivity contribution in [3.05, 3.63) is 58.4 Å². The molecule has 0 spiro atoms. The van der Waals surface area contributed by atoms with Gasteiger partial charge < -0.3 is 4.74 Å². The maximum absolute atomic E-state index is 14.2. The fourth-order valence-corrected chi connectivity index (χ4v) is 3.77. The minimum absolute atomic E-state index is 0.00161. The van der Waals surface area contributed by atoms with Crippen LogP contribution >= 0.6 is 0 Å². The molecule has 2 aliphatic rings. The van der Waals surface area contributed by atoms with Crippen LogP contribution in [0.5, 0.6) is 11.5 Å². The molecule has 2 radical (unpaired) electrons. The molecule has 0 heterocycles. The number of halogens is 5. The molecule has 0 saturated heterocycles. The standard InChI is InChI=1S/C18H9BF5NO/c19-13-6-12-15-11(17(21,22)18(12,23)24)1-2-14(16(13)15)26-10-4-8(7-25)3-9(20)5-10/h1-5,12-13H,6H2/t12?,13-/m1/s1. The van der Waals surface area contributed by atoms with Crippen LogP contribution in [-0.2, 0) is 5.92 Å². The van der Waals surface area contributed by atoms with Crippen molar-refractivity contribution in [2.75, 3.05) is 0 Å². The Bertz CT molecular complexity index is 969. The minimum atomic E-state index is -4.28. The summed E-state index contributed by atoms with van der Waals surface area (Å²) in [5.41, 5.74) is -0.869. The van der Waals surface area contributed by atoms with Gasteiger partial charge in [-0.15, -0.1) is 0 Å². The summed E-state index contributed by atoms with van der Waals surface area (Å²) in [6.07, 6.45) is -0.335. The first-order chi connectivity index (χ1) is 12.2. The molecule has 130 valence electrons. The molecule has 2 aromatic carbocycles. The Morgan fingerprint density at radius 2 is 1.85 bits per heavy atom. The molecule has 0 fully saturated rings. The highest BCUT2D eigenvalue weighted by atomic mass is 19.3. The number of hydrogen-bond donors (Lipinski definition) is 0. The maximum atomic E-state index is 14.2. The number of alkyl halides is 4. The Kier molecular flexibility index (Phi) is 3.39. The lowest BCUT2D eigenvalue weighted by Gasteiger charge is -2.24. The molecule has 0 bridgehead atoms. The first-order valence-electron chi connectivity index (χ1n) is 7.74. The molecule has 0 aromatic heterocycles. The van der Waals surface area contributed by atoms with Crippen LogP contribution in [0.15, 0.2) is 30.3 Å². The topological polar surface area (TPSA) is 33.0 Å². The quantitative estimate of drug-likeness (QED) is 0.562. The summed E-state index contributed by atoms with van der Waals surface area (Å²) in [5.74, 6) is -11.9. The fourth-order valence-electron chi connectivity index (χ4n) is 3.77. The van der Waals surface area contributed by atoms with Crippen LogP contribution in [0, 0.1) is 17.1 Å². The van der Waals surface area contributed by atoms with E-state index in [4.69, 9.17) is 17.8 Å². The van der Waals surface area contributed by atoms with Gasteiger partial charge in [-0.05, 0) is 47.6 Å². The van der Waals surface area contributed by atoms with E-state index in [9.17, 15) is 22.0 Å². The van der Waals surface area contributed by atoms with Crippen molar-refractivity contribution in [3.63, 3.8) is 0 Å². The maximum Gasteiger partial charge on any atom is 0.336 e. The number of nitrogens with zero attached hydrogens (tertiary/aromatic N) is 1. The molecule has 4 rings (SSSR count). The molecule has 2 aromatic rings. The molecule has 2 nitrogen and oxygen atoms in total. The smallest absolute Gasteiger partial charge is 0.336 e. The molecular weight excluding hydrogens is 352 g/mol. The average Bonchev–Trinajstić information content (AvgIpc) is 2.98. The third-order valence-electron chi connectivity index (χ3n) is 4.88. The van der Waals surface area contributed by atoms with E-state index in [0.29, 0.717) is 0 Å². The molecule has 2 aliphatic carbocycles. The van der Waals surface area contributed by atoms with Gasteiger partial charge in [-0.1, -0.05) is 0 Å². The van der Waals surface area contributed by atoms with E-state index in [1.807, 2.05) is 0 Å². The van der Waals surface area contributed by atoms with Crippen molar-refractivity contribution in [3.8, 4) is 17.6 Å². The predicted molar refractivity (Wildman–Crippen MR) is 82.3 cm³/mol. The number of ether oxygens (including phenoxy) is 1. The fraction of sp³-hybridized carbons (Fsp3) is 0.278. The van der Waals surface area contributed by atoms with Gasteiger partial charge >= 0.3 is 11.8 Å². The molecule has 0 saturated carbocycles. The van der Waals surface area contributed by atoms with Gasteiger partial charge in [0.25, 0.3) is 0 Å². The highest BCUT2D eigenvalue weighted by Gasteiger charge is 2.70. The summed E-state index contributed by atoms with van der Waals surface area (Å²) in [6, 6.07) is 7.03. The van der Waals surface area contributed by atoms with Crippen LogP contribution in [0.4, 0.5) is 22.0 Å². The van der Waals surface area contributed by atoms with Gasteiger partial charge in [0.1, 0.15) is 17.3 Å². The van der Waals surface area contributed by atoms with E-state index < -0.39 is 35.0 Å². The first-order valence-corrected chi connectivity index (χ1v) is 7.74. The number of nitriles is 1. The highest BCUT2D eigenvalue weighted by Crippen LogP contribution is 2.66. The molecule has 2 atom stereocenters. The van der Waals surface area contributed by atoms with E-state index in [0.717, 1.165) is 24.3 Å². The molecule has 0 N–H and O–H groups in total. The van der Waals surface area contributed by atoms with E-state index in [1.54, 1.807) is 6.07 Å². The monoisotopic (exact) mass is 361 g/mol. The summed E-state index contributed by atoms with van der Waals surface area (Å²) in [4.78, 5) is 0. The third kappa shape index (κ3) is 2.09. The summed E-state index contributed by atoms with van der Waals surface area (Å²) < 4.78 is 75.6. The minimum Gasteiger partial charge on any atom is -0.457 e. The number of rotatable bonds is 2. The van der Waals surface area contributed by atoms with Gasteiger partial charge in [0.15, 0.2) is 0 Å². The van der Waals surface area contributed by atoms with Crippen molar-refractivity contribution in [1.82, 2.24) is 0 Å². The predicted octanol–water partition coefficient (Wildman–Crippen LogP) is 4.93. The molecule has 0 amide bonds. The summed E-state index contributed by atoms with van der Waals surface area (Å²) in [5, 5.41) is 8.89. The molecule has 8 heteroatoms. The van der Waals surface area contributed by atoms with Crippen LogP contribution in [0.3, 0.4) is 0 Å². The lowest BCUT2D eigenvalue weighted by molar-refractivity contribution is -0.215. The van der Waals surface area contributed by atoms with Gasteiger partial charge in [0, 0.05) is 11.6 Å². The molecular formula is C18H9BF5NO. The van der Waals surface area contributed by atoms with Crippen LogP contribution in [-0.4, -0.2) is 13.8 Å². The largest absolute Gasteiger partial charge is 0.457 e. The van der Waals surface area contributed by atoms with Gasteiger partial charge in [-0.2, -0.15) is 22.8 Å². The molecule has 26 heavy (non-hydrogen) atoms. The first kappa shape index (κ1) is 16.9. The lowest BCUT2D eigenvalue weighted by Crippen LogP contribution is -2.36. The zero-order chi connectivity index (χ0) is 18.9. The number of benzene rings is 2. The summed E-state index contributed by atoms with van der Waals surface area (Å²) >= 11 is 0. The Hall–Kier alpha value is -2.56. The second-order valence-electron chi connectivity index (χ2n) is 6.42. The van der Waals surface area contributed by atoms with E-state index in [1.165, 1.54) is 6.07 Å². The van der Waals surface area contributed by atoms with Crippen molar-refractivity contribution < 1.29 is 26.7 Å². The zero-order valence-electron chi connectivity index (χ0n) is 13.1. The van der Waals surface area contributed by atoms with Crippen molar-refractivity contribution in [2.24, 2.45) is 0 Å². The lowest BCUT2D eigenvalue weighted by atomic mass is 9.80. The average molecular weight is 361 g/mol. The SMILES string of the molecule is [B][C@@H]1CC2c3c(ccc(Oc4cc(F)cc(C#N)c4)c31)C(F)(F)C2(F)F. The van der Waals surface area contributed by atoms with E-state index >= 15 is 0 Å². The van der Waals surface area contributed by atoms with Gasteiger partial charge in [-0.25, -0.2) is 4.39 Å². The van der Waals surface area contributed by atoms with Crippen LogP contribution in [0.25, 0.3) is 0 Å². The highest BCUT2D eigenvalue weighted by molar-refractivity contribution is 6.13. The Balaban J connectivity index is 1.84. The van der Waals surface area contributed by atoms with Crippen LogP contribution in [0.1, 0.15) is 40.4 Å². The Labute approximate surface area is 146 Å². The van der Waals surface area contributed by atoms with Gasteiger partial charge in [-0.3, -0.25) is 0 Å². The van der Waals surface area contributed by atoms with Crippen LogP contribution < -0.4 is 4.74 Å². The molecule has 1 unspecified atom stereocenters. The van der Waals surface area contributed by atoms with E-state index in [-0.39, 0.29) is 34.6 Å². The van der Waals surface area contributed by atoms with Gasteiger partial charge in [0.2, 0.25) is 0 Å². The zero-order valence-corrected chi connectivity index (χ0v) is 13.1. The van der Waals surface area contributed by atoms with Crippen molar-refractivity contribution in [2.45, 2.75) is 30.0 Å². The van der Waals surface area contributed by atoms with Crippen molar-refractivity contribution in [1.29, 1.82) is 5.26 Å². The Morgan fingerprint density at radius 1 is 1.12 bits per heavy atom. The van der Waals surface area contributed by atoms with Crippen LogP contribution in [0.2, 0.25) is 0 Å². The second-order valence-corrected chi connectivity index (χ2v) is 6.42. The summed E-state index contributed by atoms with van der Waals surface area (Å²) in [6.45, 7) is 0.